The number of thiophene rings is 1. The van der Waals surface area contributed by atoms with Crippen molar-refractivity contribution in [1.29, 1.82) is 0 Å². The van der Waals surface area contributed by atoms with Gasteiger partial charge < -0.3 is 13.9 Å². The number of rotatable bonds is 7. The van der Waals surface area contributed by atoms with Crippen LogP contribution in [0.2, 0.25) is 0 Å². The maximum Gasteiger partial charge on any atom is 0.349 e. The Hall–Kier alpha value is -2.94. The molecule has 2 rings (SSSR count). The van der Waals surface area contributed by atoms with E-state index in [4.69, 9.17) is 13.9 Å². The monoisotopic (exact) mass is 393 g/mol. The minimum absolute atomic E-state index is 0.0370. The third-order valence-corrected chi connectivity index (χ3v) is 4.55. The van der Waals surface area contributed by atoms with Gasteiger partial charge in [-0.25, -0.2) is 9.59 Å². The summed E-state index contributed by atoms with van der Waals surface area (Å²) in [7, 11) is 0. The first-order chi connectivity index (χ1) is 12.8. The average Bonchev–Trinajstić information content (AvgIpc) is 3.16. The molecule has 0 aliphatic carbocycles. The van der Waals surface area contributed by atoms with Crippen LogP contribution in [0.25, 0.3) is 0 Å². The Kier molecular flexibility index (Phi) is 6.51. The van der Waals surface area contributed by atoms with Gasteiger partial charge in [0, 0.05) is 0 Å². The van der Waals surface area contributed by atoms with E-state index in [9.17, 15) is 19.2 Å². The molecule has 0 radical (unpaired) electrons. The van der Waals surface area contributed by atoms with Gasteiger partial charge in [0.05, 0.1) is 12.2 Å². The standard InChI is InChI=1S/C18H19NO7S/c1-5-24-17(22)14-13(10(3)20)11(4)26-16(14)19-12(21)8-25-18(23)15-9(2)6-7-27-15/h6-7H,5,8H2,1-4H3,(H,19,21). The molecule has 0 spiro atoms. The summed E-state index contributed by atoms with van der Waals surface area (Å²) in [4.78, 5) is 48.5. The van der Waals surface area contributed by atoms with Crippen molar-refractivity contribution in [1.82, 2.24) is 0 Å². The zero-order valence-electron chi connectivity index (χ0n) is 15.3. The van der Waals surface area contributed by atoms with E-state index in [2.05, 4.69) is 5.32 Å². The molecular formula is C18H19NO7S. The first-order valence-corrected chi connectivity index (χ1v) is 8.96. The quantitative estimate of drug-likeness (QED) is 0.568. The lowest BCUT2D eigenvalue weighted by Crippen LogP contribution is -2.22. The fraction of sp³-hybridized carbons (Fsp3) is 0.333. The molecule has 0 atom stereocenters. The van der Waals surface area contributed by atoms with Crippen molar-refractivity contribution in [2.24, 2.45) is 0 Å². The van der Waals surface area contributed by atoms with E-state index in [1.165, 1.54) is 25.2 Å². The molecule has 2 aromatic rings. The van der Waals surface area contributed by atoms with Gasteiger partial charge in [-0.05, 0) is 44.7 Å². The number of hydrogen-bond acceptors (Lipinski definition) is 8. The summed E-state index contributed by atoms with van der Waals surface area (Å²) < 4.78 is 15.2. The van der Waals surface area contributed by atoms with Crippen molar-refractivity contribution in [2.75, 3.05) is 18.5 Å². The molecule has 0 fully saturated rings. The highest BCUT2D eigenvalue weighted by Crippen LogP contribution is 2.28. The van der Waals surface area contributed by atoms with E-state index in [0.717, 1.165) is 5.56 Å². The Balaban J connectivity index is 2.14. The summed E-state index contributed by atoms with van der Waals surface area (Å²) in [5, 5.41) is 4.09. The maximum atomic E-state index is 12.2. The molecule has 2 aromatic heterocycles. The number of carbonyl (C=O) groups excluding carboxylic acids is 4. The van der Waals surface area contributed by atoms with Crippen LogP contribution < -0.4 is 5.32 Å². The summed E-state index contributed by atoms with van der Waals surface area (Å²) >= 11 is 1.21. The second-order valence-electron chi connectivity index (χ2n) is 5.57. The van der Waals surface area contributed by atoms with E-state index in [1.54, 1.807) is 25.3 Å². The highest BCUT2D eigenvalue weighted by Gasteiger charge is 2.29. The van der Waals surface area contributed by atoms with Crippen LogP contribution in [0.15, 0.2) is 15.9 Å². The molecule has 0 saturated carbocycles. The number of Topliss-reactive ketones (excluding diaryl/α,β-unsaturated/α-hetero) is 1. The van der Waals surface area contributed by atoms with Crippen molar-refractivity contribution >= 4 is 40.9 Å². The van der Waals surface area contributed by atoms with Gasteiger partial charge in [-0.15, -0.1) is 11.3 Å². The van der Waals surface area contributed by atoms with E-state index < -0.39 is 30.2 Å². The topological polar surface area (TPSA) is 112 Å². The predicted octanol–water partition coefficient (Wildman–Crippen LogP) is 3.13. The Morgan fingerprint density at radius 3 is 2.37 bits per heavy atom. The number of furan rings is 1. The maximum absolute atomic E-state index is 12.2. The number of nitrogens with one attached hydrogen (secondary N) is 1. The lowest BCUT2D eigenvalue weighted by atomic mass is 10.1. The van der Waals surface area contributed by atoms with Crippen LogP contribution in [-0.2, 0) is 14.3 Å². The molecule has 1 amide bonds. The zero-order valence-corrected chi connectivity index (χ0v) is 16.2. The highest BCUT2D eigenvalue weighted by atomic mass is 32.1. The van der Waals surface area contributed by atoms with Crippen LogP contribution in [0.3, 0.4) is 0 Å². The Morgan fingerprint density at radius 1 is 1.11 bits per heavy atom. The van der Waals surface area contributed by atoms with Crippen LogP contribution in [-0.4, -0.2) is 36.8 Å². The van der Waals surface area contributed by atoms with E-state index in [-0.39, 0.29) is 29.4 Å². The third kappa shape index (κ3) is 4.62. The molecule has 0 unspecified atom stereocenters. The Bertz CT molecular complexity index is 894. The molecule has 0 saturated heterocycles. The molecule has 27 heavy (non-hydrogen) atoms. The minimum Gasteiger partial charge on any atom is -0.462 e. The average molecular weight is 393 g/mol. The molecule has 9 heteroatoms. The van der Waals surface area contributed by atoms with Gasteiger partial charge in [0.2, 0.25) is 5.88 Å². The number of carbonyl (C=O) groups is 4. The van der Waals surface area contributed by atoms with Crippen LogP contribution in [0, 0.1) is 13.8 Å². The number of ether oxygens (including phenoxy) is 2. The number of esters is 2. The molecule has 1 N–H and O–H groups in total. The number of amides is 1. The fourth-order valence-corrected chi connectivity index (χ4v) is 3.21. The van der Waals surface area contributed by atoms with Crippen LogP contribution in [0.4, 0.5) is 5.88 Å². The first-order valence-electron chi connectivity index (χ1n) is 8.08. The van der Waals surface area contributed by atoms with Gasteiger partial charge >= 0.3 is 11.9 Å². The number of hydrogen-bond donors (Lipinski definition) is 1. The molecule has 0 aliphatic rings. The summed E-state index contributed by atoms with van der Waals surface area (Å²) in [6.07, 6.45) is 0. The lowest BCUT2D eigenvalue weighted by molar-refractivity contribution is -0.119. The van der Waals surface area contributed by atoms with Crippen molar-refractivity contribution in [2.45, 2.75) is 27.7 Å². The number of ketones is 1. The Labute approximate surface area is 159 Å². The third-order valence-electron chi connectivity index (χ3n) is 3.55. The van der Waals surface area contributed by atoms with E-state index in [0.29, 0.717) is 4.88 Å². The molecule has 0 aromatic carbocycles. The molecule has 2 heterocycles. The fourth-order valence-electron chi connectivity index (χ4n) is 2.40. The van der Waals surface area contributed by atoms with Gasteiger partial charge in [0.15, 0.2) is 12.4 Å². The molecule has 0 aliphatic heterocycles. The van der Waals surface area contributed by atoms with E-state index >= 15 is 0 Å². The van der Waals surface area contributed by atoms with Crippen molar-refractivity contribution < 1.29 is 33.1 Å². The summed E-state index contributed by atoms with van der Waals surface area (Å²) in [6, 6.07) is 1.77. The first kappa shape index (κ1) is 20.4. The summed E-state index contributed by atoms with van der Waals surface area (Å²) in [5.41, 5.74) is 0.633. The van der Waals surface area contributed by atoms with Crippen LogP contribution >= 0.6 is 11.3 Å². The van der Waals surface area contributed by atoms with Gasteiger partial charge in [0.25, 0.3) is 5.91 Å². The molecule has 8 nitrogen and oxygen atoms in total. The van der Waals surface area contributed by atoms with Crippen molar-refractivity contribution in [3.05, 3.63) is 38.8 Å². The number of aryl methyl sites for hydroxylation is 2. The van der Waals surface area contributed by atoms with Crippen molar-refractivity contribution in [3.8, 4) is 0 Å². The van der Waals surface area contributed by atoms with Crippen LogP contribution in [0.5, 0.6) is 0 Å². The van der Waals surface area contributed by atoms with E-state index in [1.807, 2.05) is 0 Å². The second kappa shape index (κ2) is 8.63. The van der Waals surface area contributed by atoms with Gasteiger partial charge in [0.1, 0.15) is 16.2 Å². The highest BCUT2D eigenvalue weighted by molar-refractivity contribution is 7.12. The molecule has 144 valence electrons. The summed E-state index contributed by atoms with van der Waals surface area (Å²) in [5.74, 6) is -2.58. The Morgan fingerprint density at radius 2 is 1.81 bits per heavy atom. The normalized spacial score (nSPS) is 10.4. The largest absolute Gasteiger partial charge is 0.462 e. The molecular weight excluding hydrogens is 374 g/mol. The predicted molar refractivity (Wildman–Crippen MR) is 97.4 cm³/mol. The minimum atomic E-state index is -0.791. The van der Waals surface area contributed by atoms with Gasteiger partial charge in [-0.1, -0.05) is 0 Å². The van der Waals surface area contributed by atoms with Gasteiger partial charge in [-0.2, -0.15) is 0 Å². The van der Waals surface area contributed by atoms with Crippen LogP contribution in [0.1, 0.15) is 55.6 Å². The zero-order chi connectivity index (χ0) is 20.1. The SMILES string of the molecule is CCOC(=O)c1c(NC(=O)COC(=O)c2sccc2C)oc(C)c1C(C)=O. The lowest BCUT2D eigenvalue weighted by Gasteiger charge is -2.07. The van der Waals surface area contributed by atoms with Gasteiger partial charge in [-0.3, -0.25) is 14.9 Å². The molecule has 0 bridgehead atoms. The second-order valence-corrected chi connectivity index (χ2v) is 6.49. The smallest absolute Gasteiger partial charge is 0.349 e. The summed E-state index contributed by atoms with van der Waals surface area (Å²) in [6.45, 7) is 5.65. The van der Waals surface area contributed by atoms with Crippen molar-refractivity contribution in [3.63, 3.8) is 0 Å². The number of anilines is 1.